The van der Waals surface area contributed by atoms with E-state index in [1.54, 1.807) is 28.0 Å². The molecule has 3 rings (SSSR count). The number of nitrogens with one attached hydrogen (secondary N) is 1. The molecule has 0 aliphatic carbocycles. The fourth-order valence-corrected chi connectivity index (χ4v) is 3.20. The fourth-order valence-electron chi connectivity index (χ4n) is 3.20. The lowest BCUT2D eigenvalue weighted by Gasteiger charge is -2.34. The van der Waals surface area contributed by atoms with Gasteiger partial charge in [-0.2, -0.15) is 0 Å². The molecule has 1 aromatic heterocycles. The van der Waals surface area contributed by atoms with Gasteiger partial charge in [-0.1, -0.05) is 18.2 Å². The van der Waals surface area contributed by atoms with Crippen molar-refractivity contribution >= 4 is 17.7 Å². The van der Waals surface area contributed by atoms with E-state index in [-0.39, 0.29) is 35.6 Å². The third-order valence-corrected chi connectivity index (χ3v) is 4.90. The molecule has 0 unspecified atom stereocenters. The molecule has 8 heteroatoms. The van der Waals surface area contributed by atoms with Crippen LogP contribution in [0, 0.1) is 5.82 Å². The molecule has 0 spiro atoms. The van der Waals surface area contributed by atoms with Crippen LogP contribution in [0.25, 0.3) is 0 Å². The Labute approximate surface area is 168 Å². The molecule has 1 N–H and O–H groups in total. The van der Waals surface area contributed by atoms with Crippen molar-refractivity contribution in [2.24, 2.45) is 0 Å². The molecule has 1 saturated heterocycles. The van der Waals surface area contributed by atoms with Crippen molar-refractivity contribution in [3.05, 3.63) is 65.2 Å². The van der Waals surface area contributed by atoms with Gasteiger partial charge in [-0.05, 0) is 24.1 Å². The van der Waals surface area contributed by atoms with Crippen molar-refractivity contribution in [3.63, 3.8) is 0 Å². The van der Waals surface area contributed by atoms with E-state index in [2.05, 4.69) is 10.3 Å². The molecular formula is C21H23FN4O3. The second-order valence-corrected chi connectivity index (χ2v) is 6.86. The van der Waals surface area contributed by atoms with Crippen molar-refractivity contribution in [3.8, 4) is 0 Å². The van der Waals surface area contributed by atoms with Gasteiger partial charge in [0.1, 0.15) is 5.82 Å². The molecule has 0 bridgehead atoms. The summed E-state index contributed by atoms with van der Waals surface area (Å²) in [6.07, 6.45) is 3.18. The van der Waals surface area contributed by atoms with Gasteiger partial charge in [-0.15, -0.1) is 0 Å². The lowest BCUT2D eigenvalue weighted by atomic mass is 10.1. The largest absolute Gasteiger partial charge is 0.352 e. The molecule has 1 fully saturated rings. The Bertz CT molecular complexity index is 910. The molecule has 1 aliphatic heterocycles. The van der Waals surface area contributed by atoms with E-state index in [1.165, 1.54) is 31.5 Å². The topological polar surface area (TPSA) is 82.6 Å². The number of rotatable bonds is 5. The molecule has 0 saturated carbocycles. The van der Waals surface area contributed by atoms with Crippen LogP contribution in [0.15, 0.2) is 42.7 Å². The number of benzene rings is 1. The second kappa shape index (κ2) is 9.27. The Hall–Kier alpha value is -3.29. The number of pyridine rings is 1. The normalized spacial score (nSPS) is 13.9. The van der Waals surface area contributed by atoms with Crippen molar-refractivity contribution in [2.45, 2.75) is 13.3 Å². The molecule has 2 heterocycles. The van der Waals surface area contributed by atoms with Gasteiger partial charge in [0.05, 0.1) is 11.1 Å². The van der Waals surface area contributed by atoms with Crippen LogP contribution in [0.3, 0.4) is 0 Å². The molecular weight excluding hydrogens is 375 g/mol. The molecule has 152 valence electrons. The molecule has 2 aromatic rings. The summed E-state index contributed by atoms with van der Waals surface area (Å²) < 4.78 is 13.6. The van der Waals surface area contributed by atoms with Crippen LogP contribution in [0.5, 0.6) is 0 Å². The van der Waals surface area contributed by atoms with Crippen LogP contribution >= 0.6 is 0 Å². The van der Waals surface area contributed by atoms with E-state index < -0.39 is 0 Å². The zero-order valence-corrected chi connectivity index (χ0v) is 16.2. The van der Waals surface area contributed by atoms with Gasteiger partial charge in [0.15, 0.2) is 0 Å². The summed E-state index contributed by atoms with van der Waals surface area (Å²) in [5.41, 5.74) is 1.12. The Morgan fingerprint density at radius 2 is 1.69 bits per heavy atom. The highest BCUT2D eigenvalue weighted by Crippen LogP contribution is 2.11. The van der Waals surface area contributed by atoms with Gasteiger partial charge in [0, 0.05) is 52.0 Å². The van der Waals surface area contributed by atoms with Crippen LogP contribution in [0.1, 0.15) is 33.2 Å². The van der Waals surface area contributed by atoms with E-state index in [0.717, 1.165) is 0 Å². The van der Waals surface area contributed by atoms with Crippen LogP contribution in [-0.4, -0.2) is 65.2 Å². The van der Waals surface area contributed by atoms with Gasteiger partial charge in [0.2, 0.25) is 5.91 Å². The molecule has 1 aromatic carbocycles. The van der Waals surface area contributed by atoms with Gasteiger partial charge < -0.3 is 15.1 Å². The first-order valence-electron chi connectivity index (χ1n) is 9.47. The highest BCUT2D eigenvalue weighted by Gasteiger charge is 2.24. The average molecular weight is 398 g/mol. The molecule has 3 amide bonds. The molecule has 1 aliphatic rings. The summed E-state index contributed by atoms with van der Waals surface area (Å²) in [7, 11) is 0. The van der Waals surface area contributed by atoms with Crippen molar-refractivity contribution < 1.29 is 18.8 Å². The van der Waals surface area contributed by atoms with E-state index in [4.69, 9.17) is 0 Å². The quantitative estimate of drug-likeness (QED) is 0.828. The minimum Gasteiger partial charge on any atom is -0.352 e. The van der Waals surface area contributed by atoms with Gasteiger partial charge in [-0.3, -0.25) is 19.4 Å². The summed E-state index contributed by atoms with van der Waals surface area (Å²) in [6.45, 7) is 3.64. The maximum Gasteiger partial charge on any atom is 0.255 e. The lowest BCUT2D eigenvalue weighted by molar-refractivity contribution is -0.130. The Balaban J connectivity index is 1.57. The number of aromatic nitrogens is 1. The van der Waals surface area contributed by atoms with E-state index in [0.29, 0.717) is 43.7 Å². The average Bonchev–Trinajstić information content (AvgIpc) is 2.74. The van der Waals surface area contributed by atoms with Crippen LogP contribution in [0.2, 0.25) is 0 Å². The Morgan fingerprint density at radius 1 is 1.03 bits per heavy atom. The number of halogens is 1. The molecule has 0 radical (unpaired) electrons. The van der Waals surface area contributed by atoms with Crippen LogP contribution in [0.4, 0.5) is 4.39 Å². The first-order chi connectivity index (χ1) is 14.0. The third kappa shape index (κ3) is 5.16. The Morgan fingerprint density at radius 3 is 2.38 bits per heavy atom. The number of amides is 3. The summed E-state index contributed by atoms with van der Waals surface area (Å²) in [4.78, 5) is 43.8. The van der Waals surface area contributed by atoms with Crippen molar-refractivity contribution in [1.29, 1.82) is 0 Å². The zero-order chi connectivity index (χ0) is 20.8. The highest BCUT2D eigenvalue weighted by atomic mass is 19.1. The minimum absolute atomic E-state index is 0.00665. The molecule has 0 atom stereocenters. The van der Waals surface area contributed by atoms with E-state index >= 15 is 0 Å². The second-order valence-electron chi connectivity index (χ2n) is 6.86. The number of nitrogens with zero attached hydrogens (tertiary/aromatic N) is 3. The molecule has 29 heavy (non-hydrogen) atoms. The zero-order valence-electron chi connectivity index (χ0n) is 16.2. The predicted molar refractivity (Wildman–Crippen MR) is 105 cm³/mol. The summed E-state index contributed by atoms with van der Waals surface area (Å²) >= 11 is 0. The maximum absolute atomic E-state index is 13.6. The van der Waals surface area contributed by atoms with E-state index in [9.17, 15) is 18.8 Å². The monoisotopic (exact) mass is 398 g/mol. The number of carbonyl (C=O) groups excluding carboxylic acids is 3. The number of piperazine rings is 1. The van der Waals surface area contributed by atoms with Crippen molar-refractivity contribution in [1.82, 2.24) is 20.1 Å². The van der Waals surface area contributed by atoms with Crippen LogP contribution < -0.4 is 5.32 Å². The number of carbonyl (C=O) groups is 3. The summed E-state index contributed by atoms with van der Waals surface area (Å²) in [5, 5.41) is 2.72. The minimum atomic E-state index is -0.370. The standard InChI is InChI=1S/C21H23FN4O3/c1-15(27)25-8-10-26(11-9-25)21(29)18-12-17(13-23-14-18)20(28)24-7-6-16-4-2-3-5-19(16)22/h2-5,12-14H,6-11H2,1H3,(H,24,28). The van der Waals surface area contributed by atoms with Crippen LogP contribution in [-0.2, 0) is 11.2 Å². The Kier molecular flexibility index (Phi) is 6.54. The summed E-state index contributed by atoms with van der Waals surface area (Å²) in [6, 6.07) is 7.92. The number of hydrogen-bond acceptors (Lipinski definition) is 4. The van der Waals surface area contributed by atoms with Gasteiger partial charge in [0.25, 0.3) is 11.8 Å². The fraction of sp³-hybridized carbons (Fsp3) is 0.333. The van der Waals surface area contributed by atoms with Gasteiger partial charge in [-0.25, -0.2) is 4.39 Å². The molecule has 7 nitrogen and oxygen atoms in total. The smallest absolute Gasteiger partial charge is 0.255 e. The number of hydrogen-bond donors (Lipinski definition) is 1. The predicted octanol–water partition coefficient (Wildman–Crippen LogP) is 1.50. The first-order valence-corrected chi connectivity index (χ1v) is 9.47. The van der Waals surface area contributed by atoms with Crippen molar-refractivity contribution in [2.75, 3.05) is 32.7 Å². The van der Waals surface area contributed by atoms with Gasteiger partial charge >= 0.3 is 0 Å². The maximum atomic E-state index is 13.6. The first kappa shape index (κ1) is 20.4. The van der Waals surface area contributed by atoms with E-state index in [1.807, 2.05) is 0 Å². The third-order valence-electron chi connectivity index (χ3n) is 4.90. The highest BCUT2D eigenvalue weighted by molar-refractivity contribution is 5.99. The summed E-state index contributed by atoms with van der Waals surface area (Å²) in [5.74, 6) is -0.903. The lowest BCUT2D eigenvalue weighted by Crippen LogP contribution is -2.50. The SMILES string of the molecule is CC(=O)N1CCN(C(=O)c2cncc(C(=O)NCCc3ccccc3F)c2)CC1.